The molecule has 1 aromatic heterocycles. The van der Waals surface area contributed by atoms with Crippen LogP contribution in [0.2, 0.25) is 5.22 Å². The number of rotatable bonds is 3. The van der Waals surface area contributed by atoms with Gasteiger partial charge in [0.15, 0.2) is 5.22 Å². The lowest BCUT2D eigenvalue weighted by atomic mass is 10.2. The summed E-state index contributed by atoms with van der Waals surface area (Å²) in [5.74, 6) is -0.270. The van der Waals surface area contributed by atoms with Crippen LogP contribution < -0.4 is 5.32 Å². The summed E-state index contributed by atoms with van der Waals surface area (Å²) in [7, 11) is 0. The fourth-order valence-electron chi connectivity index (χ4n) is 2.02. The largest absolute Gasteiger partial charge is 0.444 e. The maximum Gasteiger partial charge on any atom is 0.199 e. The van der Waals surface area contributed by atoms with Gasteiger partial charge in [-0.25, -0.2) is 4.39 Å². The van der Waals surface area contributed by atoms with Gasteiger partial charge in [-0.05, 0) is 35.9 Å². The molecule has 4 heteroatoms. The molecule has 0 saturated heterocycles. The summed E-state index contributed by atoms with van der Waals surface area (Å²) in [6.45, 7) is 0.485. The summed E-state index contributed by atoms with van der Waals surface area (Å²) >= 11 is 6.08. The minimum Gasteiger partial charge on any atom is -0.444 e. The molecule has 0 fully saturated rings. The van der Waals surface area contributed by atoms with Crippen molar-refractivity contribution >= 4 is 28.3 Å². The van der Waals surface area contributed by atoms with Crippen molar-refractivity contribution < 1.29 is 8.81 Å². The fourth-order valence-corrected chi connectivity index (χ4v) is 2.27. The first kappa shape index (κ1) is 12.1. The molecule has 1 N–H and O–H groups in total. The van der Waals surface area contributed by atoms with E-state index in [-0.39, 0.29) is 5.82 Å². The lowest BCUT2D eigenvalue weighted by molar-refractivity contribution is 0.613. The van der Waals surface area contributed by atoms with Crippen LogP contribution in [-0.2, 0) is 6.54 Å². The zero-order valence-corrected chi connectivity index (χ0v) is 10.7. The fraction of sp³-hybridized carbons (Fsp3) is 0.0667. The van der Waals surface area contributed by atoms with E-state index < -0.39 is 0 Å². The molecule has 96 valence electrons. The Hall–Kier alpha value is -2.00. The number of benzene rings is 2. The Morgan fingerprint density at radius 1 is 1.11 bits per heavy atom. The second-order valence-electron chi connectivity index (χ2n) is 4.21. The van der Waals surface area contributed by atoms with Gasteiger partial charge < -0.3 is 9.73 Å². The predicted octanol–water partition coefficient (Wildman–Crippen LogP) is 4.84. The second kappa shape index (κ2) is 4.94. The highest BCUT2D eigenvalue weighted by atomic mass is 35.5. The van der Waals surface area contributed by atoms with E-state index in [4.69, 9.17) is 16.0 Å². The molecule has 0 aliphatic carbocycles. The zero-order chi connectivity index (χ0) is 13.2. The van der Waals surface area contributed by atoms with Crippen LogP contribution in [0.25, 0.3) is 11.0 Å². The third kappa shape index (κ3) is 2.42. The van der Waals surface area contributed by atoms with E-state index in [1.807, 2.05) is 24.3 Å². The SMILES string of the molecule is Fc1cccc(NCc2c(Cl)oc3ccccc23)c1. The predicted molar refractivity (Wildman–Crippen MR) is 75.0 cm³/mol. The lowest BCUT2D eigenvalue weighted by Gasteiger charge is -2.05. The Labute approximate surface area is 114 Å². The van der Waals surface area contributed by atoms with Crippen molar-refractivity contribution in [2.75, 3.05) is 5.32 Å². The molecule has 0 unspecified atom stereocenters. The molecule has 19 heavy (non-hydrogen) atoms. The first-order chi connectivity index (χ1) is 9.24. The van der Waals surface area contributed by atoms with Gasteiger partial charge in [0.2, 0.25) is 0 Å². The van der Waals surface area contributed by atoms with Crippen LogP contribution in [0.3, 0.4) is 0 Å². The molecule has 0 aliphatic rings. The standard InChI is InChI=1S/C15H11ClFNO/c16-15-13(12-6-1-2-7-14(12)19-15)9-18-11-5-3-4-10(17)8-11/h1-8,18H,9H2. The van der Waals surface area contributed by atoms with Gasteiger partial charge in [0.05, 0.1) is 0 Å². The lowest BCUT2D eigenvalue weighted by Crippen LogP contribution is -1.99. The Bertz CT molecular complexity index is 723. The van der Waals surface area contributed by atoms with Gasteiger partial charge in [-0.3, -0.25) is 0 Å². The van der Waals surface area contributed by atoms with Crippen LogP contribution in [0.1, 0.15) is 5.56 Å². The van der Waals surface area contributed by atoms with Gasteiger partial charge in [0.25, 0.3) is 0 Å². The van der Waals surface area contributed by atoms with Crippen LogP contribution >= 0.6 is 11.6 Å². The van der Waals surface area contributed by atoms with Crippen LogP contribution in [0.5, 0.6) is 0 Å². The maximum atomic E-state index is 13.1. The highest BCUT2D eigenvalue weighted by Crippen LogP contribution is 2.30. The molecule has 3 aromatic rings. The summed E-state index contributed by atoms with van der Waals surface area (Å²) in [4.78, 5) is 0. The summed E-state index contributed by atoms with van der Waals surface area (Å²) in [5.41, 5.74) is 2.34. The van der Waals surface area contributed by atoms with Gasteiger partial charge >= 0.3 is 0 Å². The number of para-hydroxylation sites is 1. The zero-order valence-electron chi connectivity index (χ0n) is 9.99. The molecule has 0 saturated carbocycles. The van der Waals surface area contributed by atoms with Crippen molar-refractivity contribution in [3.05, 3.63) is 65.1 Å². The Morgan fingerprint density at radius 3 is 2.79 bits per heavy atom. The topological polar surface area (TPSA) is 25.2 Å². The van der Waals surface area contributed by atoms with E-state index in [0.29, 0.717) is 17.5 Å². The third-order valence-corrected chi connectivity index (χ3v) is 3.25. The van der Waals surface area contributed by atoms with Crippen LogP contribution in [-0.4, -0.2) is 0 Å². The average Bonchev–Trinajstić information content (AvgIpc) is 2.72. The summed E-state index contributed by atoms with van der Waals surface area (Å²) in [6.07, 6.45) is 0. The Morgan fingerprint density at radius 2 is 1.95 bits per heavy atom. The highest BCUT2D eigenvalue weighted by Gasteiger charge is 2.11. The molecule has 0 spiro atoms. The monoisotopic (exact) mass is 275 g/mol. The van der Waals surface area contributed by atoms with Crippen molar-refractivity contribution in [2.24, 2.45) is 0 Å². The van der Waals surface area contributed by atoms with Crippen molar-refractivity contribution in [3.8, 4) is 0 Å². The molecule has 1 heterocycles. The number of anilines is 1. The van der Waals surface area contributed by atoms with E-state index in [0.717, 1.165) is 16.5 Å². The normalized spacial score (nSPS) is 10.8. The van der Waals surface area contributed by atoms with E-state index in [2.05, 4.69) is 5.32 Å². The number of nitrogens with one attached hydrogen (secondary N) is 1. The van der Waals surface area contributed by atoms with Crippen LogP contribution in [0, 0.1) is 5.82 Å². The quantitative estimate of drug-likeness (QED) is 0.740. The average molecular weight is 276 g/mol. The van der Waals surface area contributed by atoms with Gasteiger partial charge in [-0.1, -0.05) is 24.3 Å². The van der Waals surface area contributed by atoms with Gasteiger partial charge in [0.1, 0.15) is 11.4 Å². The Balaban J connectivity index is 1.87. The second-order valence-corrected chi connectivity index (χ2v) is 4.56. The smallest absolute Gasteiger partial charge is 0.199 e. The van der Waals surface area contributed by atoms with Crippen molar-refractivity contribution in [1.82, 2.24) is 0 Å². The number of halogens is 2. The van der Waals surface area contributed by atoms with Crippen molar-refractivity contribution in [2.45, 2.75) is 6.54 Å². The maximum absolute atomic E-state index is 13.1. The summed E-state index contributed by atoms with van der Waals surface area (Å²) < 4.78 is 18.5. The molecular weight excluding hydrogens is 265 g/mol. The minimum absolute atomic E-state index is 0.270. The molecule has 0 atom stereocenters. The summed E-state index contributed by atoms with van der Waals surface area (Å²) in [6, 6.07) is 14.0. The molecule has 0 aliphatic heterocycles. The van der Waals surface area contributed by atoms with Crippen molar-refractivity contribution in [1.29, 1.82) is 0 Å². The summed E-state index contributed by atoms with van der Waals surface area (Å²) in [5, 5.41) is 4.47. The third-order valence-electron chi connectivity index (χ3n) is 2.94. The van der Waals surface area contributed by atoms with Crippen LogP contribution in [0.4, 0.5) is 10.1 Å². The van der Waals surface area contributed by atoms with Crippen molar-refractivity contribution in [3.63, 3.8) is 0 Å². The van der Waals surface area contributed by atoms with E-state index in [9.17, 15) is 4.39 Å². The first-order valence-corrected chi connectivity index (χ1v) is 6.27. The molecule has 2 nitrogen and oxygen atoms in total. The molecule has 0 bridgehead atoms. The van der Waals surface area contributed by atoms with E-state index >= 15 is 0 Å². The van der Waals surface area contributed by atoms with Crippen LogP contribution in [0.15, 0.2) is 52.9 Å². The molecule has 2 aromatic carbocycles. The molecule has 3 rings (SSSR count). The number of hydrogen-bond donors (Lipinski definition) is 1. The van der Waals surface area contributed by atoms with Gasteiger partial charge in [-0.2, -0.15) is 0 Å². The van der Waals surface area contributed by atoms with Gasteiger partial charge in [-0.15, -0.1) is 0 Å². The van der Waals surface area contributed by atoms with Gasteiger partial charge in [0, 0.05) is 23.2 Å². The highest BCUT2D eigenvalue weighted by molar-refractivity contribution is 6.30. The van der Waals surface area contributed by atoms with E-state index in [1.54, 1.807) is 12.1 Å². The minimum atomic E-state index is -0.270. The molecular formula is C15H11ClFNO. The molecule has 0 radical (unpaired) electrons. The Kier molecular flexibility index (Phi) is 3.13. The molecule has 0 amide bonds. The number of furan rings is 1. The first-order valence-electron chi connectivity index (χ1n) is 5.89. The van der Waals surface area contributed by atoms with E-state index in [1.165, 1.54) is 12.1 Å². The number of fused-ring (bicyclic) bond motifs is 1. The number of hydrogen-bond acceptors (Lipinski definition) is 2.